The molecule has 28 heavy (non-hydrogen) atoms. The molecule has 9 nitrogen and oxygen atoms in total. The molecule has 0 unspecified atom stereocenters. The number of nitrogens with one attached hydrogen (secondary N) is 2. The Hall–Kier alpha value is -3.27. The highest BCUT2D eigenvalue weighted by molar-refractivity contribution is 9.10. The van der Waals surface area contributed by atoms with Crippen molar-refractivity contribution in [3.05, 3.63) is 68.7 Å². The molecule has 10 heteroatoms. The zero-order valence-electron chi connectivity index (χ0n) is 14.6. The summed E-state index contributed by atoms with van der Waals surface area (Å²) in [6.07, 6.45) is 0. The Bertz CT molecular complexity index is 995. The van der Waals surface area contributed by atoms with Gasteiger partial charge in [0, 0.05) is 22.3 Å². The van der Waals surface area contributed by atoms with Crippen molar-refractivity contribution in [2.45, 2.75) is 12.5 Å². The molecule has 1 aliphatic heterocycles. The molecule has 1 fully saturated rings. The van der Waals surface area contributed by atoms with Crippen LogP contribution in [0.4, 0.5) is 16.2 Å². The van der Waals surface area contributed by atoms with E-state index < -0.39 is 34.9 Å². The van der Waals surface area contributed by atoms with Gasteiger partial charge in [-0.05, 0) is 30.7 Å². The molecule has 144 valence electrons. The minimum Gasteiger partial charge on any atom is -0.324 e. The smallest absolute Gasteiger partial charge is 0.324 e. The van der Waals surface area contributed by atoms with Gasteiger partial charge < -0.3 is 10.6 Å². The fourth-order valence-electron chi connectivity index (χ4n) is 2.88. The highest BCUT2D eigenvalue weighted by Gasteiger charge is 2.49. The van der Waals surface area contributed by atoms with Gasteiger partial charge in [-0.2, -0.15) is 0 Å². The van der Waals surface area contributed by atoms with E-state index in [2.05, 4.69) is 26.6 Å². The maximum atomic E-state index is 12.8. The number of carbonyl (C=O) groups excluding carboxylic acids is 3. The number of amides is 4. The first-order valence-corrected chi connectivity index (χ1v) is 8.94. The van der Waals surface area contributed by atoms with Crippen LogP contribution in [-0.2, 0) is 15.1 Å². The molecule has 0 aliphatic carbocycles. The summed E-state index contributed by atoms with van der Waals surface area (Å²) >= 11 is 3.33. The van der Waals surface area contributed by atoms with Crippen LogP contribution < -0.4 is 10.6 Å². The lowest BCUT2D eigenvalue weighted by Crippen LogP contribution is -2.42. The normalized spacial score (nSPS) is 18.7. The third kappa shape index (κ3) is 3.72. The molecule has 1 aliphatic rings. The molecule has 1 atom stereocenters. The Labute approximate surface area is 168 Å². The van der Waals surface area contributed by atoms with E-state index in [9.17, 15) is 24.5 Å². The molecule has 0 spiro atoms. The maximum Gasteiger partial charge on any atom is 0.325 e. The number of benzene rings is 2. The van der Waals surface area contributed by atoms with E-state index >= 15 is 0 Å². The van der Waals surface area contributed by atoms with Crippen LogP contribution in [0.1, 0.15) is 12.5 Å². The molecule has 1 saturated heterocycles. The number of hydrogen-bond donors (Lipinski definition) is 2. The van der Waals surface area contributed by atoms with E-state index in [1.54, 1.807) is 31.2 Å². The van der Waals surface area contributed by atoms with Crippen LogP contribution in [0, 0.1) is 10.1 Å². The number of nitro groups is 1. The molecular weight excluding hydrogens is 432 g/mol. The number of urea groups is 1. The van der Waals surface area contributed by atoms with E-state index in [0.717, 1.165) is 9.37 Å². The molecule has 0 aromatic heterocycles. The number of hydrogen-bond acceptors (Lipinski definition) is 5. The number of rotatable bonds is 5. The monoisotopic (exact) mass is 446 g/mol. The van der Waals surface area contributed by atoms with Gasteiger partial charge in [0.25, 0.3) is 11.6 Å². The number of non-ortho nitro benzene ring substituents is 1. The van der Waals surface area contributed by atoms with Gasteiger partial charge >= 0.3 is 6.03 Å². The van der Waals surface area contributed by atoms with Crippen LogP contribution in [0.15, 0.2) is 53.0 Å². The standard InChI is InChI=1S/C18H15BrN4O5/c1-18(11-4-2-5-12(19)8-11)16(25)22(17(26)21-18)10-15(24)20-13-6-3-7-14(9-13)23(27)28/h2-9H,10H2,1H3,(H,20,24)(H,21,26)/t18-/m1/s1. The van der Waals surface area contributed by atoms with Crippen LogP contribution in [-0.4, -0.2) is 34.2 Å². The Morgan fingerprint density at radius 2 is 1.96 bits per heavy atom. The fraction of sp³-hybridized carbons (Fsp3) is 0.167. The third-order valence-corrected chi connectivity index (χ3v) is 4.81. The maximum absolute atomic E-state index is 12.8. The van der Waals surface area contributed by atoms with Crippen LogP contribution in [0.2, 0.25) is 0 Å². The van der Waals surface area contributed by atoms with Crippen LogP contribution in [0.3, 0.4) is 0 Å². The summed E-state index contributed by atoms with van der Waals surface area (Å²) in [5.74, 6) is -1.22. The molecule has 4 amide bonds. The molecule has 2 N–H and O–H groups in total. The van der Waals surface area contributed by atoms with Gasteiger partial charge in [-0.3, -0.25) is 24.6 Å². The summed E-state index contributed by atoms with van der Waals surface area (Å²) in [5.41, 5.74) is -0.718. The average Bonchev–Trinajstić information content (AvgIpc) is 2.86. The first-order valence-electron chi connectivity index (χ1n) is 8.15. The second kappa shape index (κ2) is 7.39. The van der Waals surface area contributed by atoms with Crippen LogP contribution >= 0.6 is 15.9 Å². The van der Waals surface area contributed by atoms with Crippen molar-refractivity contribution >= 4 is 45.2 Å². The topological polar surface area (TPSA) is 122 Å². The second-order valence-corrected chi connectivity index (χ2v) is 7.23. The van der Waals surface area contributed by atoms with E-state index in [1.165, 1.54) is 24.3 Å². The quantitative estimate of drug-likeness (QED) is 0.415. The zero-order valence-corrected chi connectivity index (χ0v) is 16.2. The lowest BCUT2D eigenvalue weighted by Gasteiger charge is -2.22. The Morgan fingerprint density at radius 1 is 1.25 bits per heavy atom. The van der Waals surface area contributed by atoms with Gasteiger partial charge in [0.2, 0.25) is 5.91 Å². The van der Waals surface area contributed by atoms with Gasteiger partial charge in [0.1, 0.15) is 12.1 Å². The molecule has 1 heterocycles. The van der Waals surface area contributed by atoms with Crippen molar-refractivity contribution in [3.8, 4) is 0 Å². The van der Waals surface area contributed by atoms with Gasteiger partial charge in [-0.1, -0.05) is 34.1 Å². The summed E-state index contributed by atoms with van der Waals surface area (Å²) in [7, 11) is 0. The number of nitrogens with zero attached hydrogens (tertiary/aromatic N) is 2. The summed E-state index contributed by atoms with van der Waals surface area (Å²) in [6.45, 7) is 1.05. The Kier molecular flexibility index (Phi) is 5.14. The molecule has 2 aromatic carbocycles. The summed E-state index contributed by atoms with van der Waals surface area (Å²) < 4.78 is 0.745. The number of halogens is 1. The van der Waals surface area contributed by atoms with Gasteiger partial charge in [-0.25, -0.2) is 4.79 Å². The van der Waals surface area contributed by atoms with Crippen molar-refractivity contribution in [1.82, 2.24) is 10.2 Å². The van der Waals surface area contributed by atoms with E-state index in [0.29, 0.717) is 5.56 Å². The fourth-order valence-corrected chi connectivity index (χ4v) is 3.28. The van der Waals surface area contributed by atoms with Gasteiger partial charge in [0.05, 0.1) is 4.92 Å². The van der Waals surface area contributed by atoms with E-state index in [1.807, 2.05) is 0 Å². The van der Waals surface area contributed by atoms with Gasteiger partial charge in [-0.15, -0.1) is 0 Å². The average molecular weight is 447 g/mol. The SMILES string of the molecule is C[C@]1(c2cccc(Br)c2)NC(=O)N(CC(=O)Nc2cccc([N+](=O)[O-])c2)C1=O. The highest BCUT2D eigenvalue weighted by Crippen LogP contribution is 2.30. The van der Waals surface area contributed by atoms with Crippen molar-refractivity contribution in [2.24, 2.45) is 0 Å². The number of carbonyl (C=O) groups is 3. The summed E-state index contributed by atoms with van der Waals surface area (Å²) in [5, 5.41) is 15.9. The third-order valence-electron chi connectivity index (χ3n) is 4.32. The molecule has 3 rings (SSSR count). The van der Waals surface area contributed by atoms with Crippen molar-refractivity contribution in [1.29, 1.82) is 0 Å². The van der Waals surface area contributed by atoms with E-state index in [-0.39, 0.29) is 11.4 Å². The molecule has 0 radical (unpaired) electrons. The first kappa shape index (κ1) is 19.5. The minimum atomic E-state index is -1.30. The van der Waals surface area contributed by atoms with Crippen LogP contribution in [0.25, 0.3) is 0 Å². The van der Waals surface area contributed by atoms with E-state index in [4.69, 9.17) is 0 Å². The predicted molar refractivity (Wildman–Crippen MR) is 103 cm³/mol. The first-order chi connectivity index (χ1) is 13.2. The predicted octanol–water partition coefficient (Wildman–Crippen LogP) is 2.76. The highest BCUT2D eigenvalue weighted by atomic mass is 79.9. The molecule has 2 aromatic rings. The molecule has 0 saturated carbocycles. The lowest BCUT2D eigenvalue weighted by molar-refractivity contribution is -0.384. The van der Waals surface area contributed by atoms with Crippen molar-refractivity contribution in [3.63, 3.8) is 0 Å². The second-order valence-electron chi connectivity index (χ2n) is 6.31. The molecular formula is C18H15BrN4O5. The number of nitro benzene ring substituents is 1. The summed E-state index contributed by atoms with van der Waals surface area (Å²) in [6, 6.07) is 11.6. The van der Waals surface area contributed by atoms with Crippen LogP contribution in [0.5, 0.6) is 0 Å². The largest absolute Gasteiger partial charge is 0.325 e. The minimum absolute atomic E-state index is 0.185. The number of anilines is 1. The van der Waals surface area contributed by atoms with Gasteiger partial charge in [0.15, 0.2) is 0 Å². The Balaban J connectivity index is 1.75. The zero-order chi connectivity index (χ0) is 20.5. The van der Waals surface area contributed by atoms with Crippen molar-refractivity contribution in [2.75, 3.05) is 11.9 Å². The number of imide groups is 1. The lowest BCUT2D eigenvalue weighted by atomic mass is 9.92. The molecule has 0 bridgehead atoms. The Morgan fingerprint density at radius 3 is 2.64 bits per heavy atom. The summed E-state index contributed by atoms with van der Waals surface area (Å²) in [4.78, 5) is 48.5. The van der Waals surface area contributed by atoms with Crippen molar-refractivity contribution < 1.29 is 19.3 Å².